The summed E-state index contributed by atoms with van der Waals surface area (Å²) in [5, 5.41) is 2.96. The lowest BCUT2D eigenvalue weighted by atomic mass is 10.2. The van der Waals surface area contributed by atoms with E-state index in [1.54, 1.807) is 0 Å². The molecular weight excluding hydrogens is 244 g/mol. The Morgan fingerprint density at radius 3 is 2.88 bits per heavy atom. The van der Waals surface area contributed by atoms with Gasteiger partial charge in [-0.05, 0) is 12.5 Å². The van der Waals surface area contributed by atoms with Crippen LogP contribution >= 0.6 is 11.6 Å². The number of aryl methyl sites for hydroxylation is 1. The molecule has 1 rings (SSSR count). The Labute approximate surface area is 104 Å². The van der Waals surface area contributed by atoms with Crippen LogP contribution in [-0.2, 0) is 11.2 Å². The zero-order valence-electron chi connectivity index (χ0n) is 9.80. The van der Waals surface area contributed by atoms with Gasteiger partial charge in [0.25, 0.3) is 11.5 Å². The van der Waals surface area contributed by atoms with E-state index in [0.717, 1.165) is 0 Å². The molecule has 0 saturated carbocycles. The van der Waals surface area contributed by atoms with Crippen LogP contribution in [0.25, 0.3) is 0 Å². The molecule has 1 amide bonds. The Hall–Kier alpha value is -1.33. The molecule has 0 radical (unpaired) electrons. The van der Waals surface area contributed by atoms with Gasteiger partial charge in [-0.3, -0.25) is 9.59 Å². The fraction of sp³-hybridized carbons (Fsp3) is 0.455. The van der Waals surface area contributed by atoms with Gasteiger partial charge in [0.2, 0.25) is 0 Å². The molecule has 6 heteroatoms. The van der Waals surface area contributed by atoms with Gasteiger partial charge in [0.1, 0.15) is 5.56 Å². The van der Waals surface area contributed by atoms with E-state index in [1.165, 1.54) is 13.2 Å². The first-order valence-corrected chi connectivity index (χ1v) is 5.66. The predicted molar refractivity (Wildman–Crippen MR) is 65.7 cm³/mol. The van der Waals surface area contributed by atoms with Crippen molar-refractivity contribution in [2.75, 3.05) is 20.3 Å². The number of hydrogen-bond acceptors (Lipinski definition) is 3. The maximum atomic E-state index is 11.6. The zero-order valence-corrected chi connectivity index (χ0v) is 10.6. The molecule has 1 aromatic heterocycles. The highest BCUT2D eigenvalue weighted by atomic mass is 35.5. The number of rotatable bonds is 5. The van der Waals surface area contributed by atoms with E-state index in [0.29, 0.717) is 30.3 Å². The van der Waals surface area contributed by atoms with Gasteiger partial charge in [0.05, 0.1) is 11.6 Å². The molecule has 2 N–H and O–H groups in total. The zero-order chi connectivity index (χ0) is 12.8. The maximum absolute atomic E-state index is 11.6. The fourth-order valence-corrected chi connectivity index (χ4v) is 1.62. The van der Waals surface area contributed by atoms with Crippen LogP contribution in [0.1, 0.15) is 23.0 Å². The third kappa shape index (κ3) is 3.57. The van der Waals surface area contributed by atoms with E-state index in [-0.39, 0.29) is 5.56 Å². The van der Waals surface area contributed by atoms with Crippen LogP contribution in [0.3, 0.4) is 0 Å². The lowest BCUT2D eigenvalue weighted by Crippen LogP contribution is -2.32. The Balaban J connectivity index is 2.87. The summed E-state index contributed by atoms with van der Waals surface area (Å²) in [4.78, 5) is 25.9. The molecule has 0 atom stereocenters. The average Bonchev–Trinajstić information content (AvgIpc) is 2.31. The van der Waals surface area contributed by atoms with Gasteiger partial charge < -0.3 is 15.0 Å². The van der Waals surface area contributed by atoms with Crippen molar-refractivity contribution < 1.29 is 9.53 Å². The number of nitrogens with one attached hydrogen (secondary N) is 2. The number of halogens is 1. The number of pyridine rings is 1. The van der Waals surface area contributed by atoms with Crippen LogP contribution in [0.15, 0.2) is 10.9 Å². The van der Waals surface area contributed by atoms with E-state index in [2.05, 4.69) is 10.3 Å². The average molecular weight is 259 g/mol. The van der Waals surface area contributed by atoms with Crippen LogP contribution in [0, 0.1) is 0 Å². The number of amides is 1. The number of hydrogen-bond donors (Lipinski definition) is 2. The maximum Gasteiger partial charge on any atom is 0.261 e. The summed E-state index contributed by atoms with van der Waals surface area (Å²) < 4.78 is 4.79. The van der Waals surface area contributed by atoms with E-state index in [9.17, 15) is 9.59 Å². The summed E-state index contributed by atoms with van der Waals surface area (Å²) in [6.45, 7) is 2.61. The summed E-state index contributed by atoms with van der Waals surface area (Å²) in [6, 6.07) is 1.39. The predicted octanol–water partition coefficient (Wildman–Crippen LogP) is 0.967. The number of carbonyl (C=O) groups is 1. The lowest BCUT2D eigenvalue weighted by Gasteiger charge is -2.06. The molecular formula is C11H15ClN2O3. The fourth-order valence-electron chi connectivity index (χ4n) is 1.33. The number of aromatic nitrogens is 1. The third-order valence-corrected chi connectivity index (χ3v) is 2.60. The van der Waals surface area contributed by atoms with Gasteiger partial charge in [-0.2, -0.15) is 0 Å². The standard InChI is InChI=1S/C11H15ClN2O3/c1-3-9-8(12)6-7(11(16)14-9)10(15)13-4-5-17-2/h6H,3-5H2,1-2H3,(H,13,15)(H,14,16). The van der Waals surface area contributed by atoms with E-state index < -0.39 is 11.5 Å². The molecule has 0 unspecified atom stereocenters. The van der Waals surface area contributed by atoms with Crippen molar-refractivity contribution >= 4 is 17.5 Å². The van der Waals surface area contributed by atoms with Crippen LogP contribution in [0.5, 0.6) is 0 Å². The summed E-state index contributed by atoms with van der Waals surface area (Å²) in [5.41, 5.74) is 0.217. The minimum atomic E-state index is -0.451. The van der Waals surface area contributed by atoms with Gasteiger partial charge in [0, 0.05) is 19.3 Å². The van der Waals surface area contributed by atoms with E-state index in [1.807, 2.05) is 6.92 Å². The first-order valence-electron chi connectivity index (χ1n) is 5.29. The van der Waals surface area contributed by atoms with Crippen molar-refractivity contribution in [2.45, 2.75) is 13.3 Å². The molecule has 17 heavy (non-hydrogen) atoms. The Morgan fingerprint density at radius 1 is 1.59 bits per heavy atom. The number of H-pyrrole nitrogens is 1. The minimum absolute atomic E-state index is 0.0169. The second kappa shape index (κ2) is 6.42. The molecule has 0 aliphatic heterocycles. The Morgan fingerprint density at radius 2 is 2.29 bits per heavy atom. The Bertz CT molecular complexity index is 457. The number of carbonyl (C=O) groups excluding carboxylic acids is 1. The molecule has 0 fully saturated rings. The molecule has 0 bridgehead atoms. The summed E-state index contributed by atoms with van der Waals surface area (Å²) >= 11 is 5.93. The number of ether oxygens (including phenoxy) is 1. The minimum Gasteiger partial charge on any atom is -0.383 e. The smallest absolute Gasteiger partial charge is 0.261 e. The highest BCUT2D eigenvalue weighted by Crippen LogP contribution is 2.13. The summed E-state index contributed by atoms with van der Waals surface area (Å²) in [6.07, 6.45) is 0.611. The molecule has 0 spiro atoms. The lowest BCUT2D eigenvalue weighted by molar-refractivity contribution is 0.0935. The van der Waals surface area contributed by atoms with Crippen LogP contribution in [0.4, 0.5) is 0 Å². The van der Waals surface area contributed by atoms with Crippen molar-refractivity contribution in [2.24, 2.45) is 0 Å². The summed E-state index contributed by atoms with van der Waals surface area (Å²) in [5.74, 6) is -0.451. The van der Waals surface area contributed by atoms with Gasteiger partial charge in [-0.1, -0.05) is 18.5 Å². The number of aromatic amines is 1. The number of methoxy groups -OCH3 is 1. The second-order valence-electron chi connectivity index (χ2n) is 3.44. The van der Waals surface area contributed by atoms with E-state index >= 15 is 0 Å². The SMILES string of the molecule is CCc1[nH]c(=O)c(C(=O)NCCOC)cc1Cl. The molecule has 5 nitrogen and oxygen atoms in total. The summed E-state index contributed by atoms with van der Waals surface area (Å²) in [7, 11) is 1.53. The molecule has 0 aromatic carbocycles. The Kier molecular flexibility index (Phi) is 5.18. The monoisotopic (exact) mass is 258 g/mol. The van der Waals surface area contributed by atoms with Crippen LogP contribution in [-0.4, -0.2) is 31.2 Å². The van der Waals surface area contributed by atoms with Crippen LogP contribution < -0.4 is 10.9 Å². The quantitative estimate of drug-likeness (QED) is 0.773. The van der Waals surface area contributed by atoms with Gasteiger partial charge in [-0.25, -0.2) is 0 Å². The first kappa shape index (κ1) is 13.7. The molecule has 0 saturated heterocycles. The molecule has 0 aliphatic rings. The molecule has 1 aromatic rings. The molecule has 94 valence electrons. The van der Waals surface area contributed by atoms with Crippen LogP contribution in [0.2, 0.25) is 5.02 Å². The largest absolute Gasteiger partial charge is 0.383 e. The van der Waals surface area contributed by atoms with Crippen molar-refractivity contribution in [3.05, 3.63) is 32.7 Å². The first-order chi connectivity index (χ1) is 8.10. The third-order valence-electron chi connectivity index (χ3n) is 2.26. The van der Waals surface area contributed by atoms with Crippen molar-refractivity contribution in [3.63, 3.8) is 0 Å². The van der Waals surface area contributed by atoms with E-state index in [4.69, 9.17) is 16.3 Å². The van der Waals surface area contributed by atoms with Crippen molar-refractivity contribution in [3.8, 4) is 0 Å². The normalized spacial score (nSPS) is 10.3. The highest BCUT2D eigenvalue weighted by molar-refractivity contribution is 6.31. The second-order valence-corrected chi connectivity index (χ2v) is 3.85. The topological polar surface area (TPSA) is 71.2 Å². The molecule has 1 heterocycles. The highest BCUT2D eigenvalue weighted by Gasteiger charge is 2.12. The van der Waals surface area contributed by atoms with Gasteiger partial charge in [0.15, 0.2) is 0 Å². The van der Waals surface area contributed by atoms with Crippen molar-refractivity contribution in [1.82, 2.24) is 10.3 Å². The van der Waals surface area contributed by atoms with Gasteiger partial charge >= 0.3 is 0 Å². The van der Waals surface area contributed by atoms with Crippen molar-refractivity contribution in [1.29, 1.82) is 0 Å². The molecule has 0 aliphatic carbocycles. The van der Waals surface area contributed by atoms with Gasteiger partial charge in [-0.15, -0.1) is 0 Å².